The Morgan fingerprint density at radius 2 is 1.94 bits per heavy atom. The lowest BCUT2D eigenvalue weighted by molar-refractivity contribution is -0.298. The summed E-state index contributed by atoms with van der Waals surface area (Å²) >= 11 is 0. The highest BCUT2D eigenvalue weighted by molar-refractivity contribution is 5.16. The molecule has 1 aromatic rings. The molecule has 1 N–H and O–H groups in total. The molecule has 0 spiro atoms. The maximum atomic E-state index is 9.91. The molecule has 92 valence electrons. The SMILES string of the molecule is O[C@@H]1CCO[C@@H]2CO[C@@H](c3ccccc3)O[C@@H]12. The maximum Gasteiger partial charge on any atom is 0.184 e. The molecule has 0 aliphatic carbocycles. The van der Waals surface area contributed by atoms with E-state index in [0.29, 0.717) is 19.6 Å². The molecule has 0 radical (unpaired) electrons. The van der Waals surface area contributed by atoms with Crippen molar-refractivity contribution in [3.63, 3.8) is 0 Å². The van der Waals surface area contributed by atoms with Gasteiger partial charge in [-0.2, -0.15) is 0 Å². The van der Waals surface area contributed by atoms with Crippen molar-refractivity contribution in [3.8, 4) is 0 Å². The van der Waals surface area contributed by atoms with E-state index in [1.807, 2.05) is 30.3 Å². The number of benzene rings is 1. The van der Waals surface area contributed by atoms with Gasteiger partial charge < -0.3 is 19.3 Å². The van der Waals surface area contributed by atoms with Crippen LogP contribution in [0.25, 0.3) is 0 Å². The lowest BCUT2D eigenvalue weighted by Gasteiger charge is -2.41. The first-order chi connectivity index (χ1) is 8.34. The number of aliphatic hydroxyl groups is 1. The average molecular weight is 236 g/mol. The molecule has 4 heteroatoms. The molecular formula is C13H16O4. The van der Waals surface area contributed by atoms with Crippen molar-refractivity contribution in [2.45, 2.75) is 31.0 Å². The van der Waals surface area contributed by atoms with Crippen molar-refractivity contribution in [1.82, 2.24) is 0 Å². The minimum atomic E-state index is -0.455. The zero-order valence-electron chi connectivity index (χ0n) is 9.49. The van der Waals surface area contributed by atoms with Gasteiger partial charge in [-0.05, 0) is 6.42 Å². The summed E-state index contributed by atoms with van der Waals surface area (Å²) in [6.45, 7) is 1.05. The van der Waals surface area contributed by atoms with Gasteiger partial charge in [0.05, 0.1) is 12.7 Å². The topological polar surface area (TPSA) is 47.9 Å². The number of hydrogen-bond acceptors (Lipinski definition) is 4. The van der Waals surface area contributed by atoms with E-state index >= 15 is 0 Å². The Hall–Kier alpha value is -0.940. The van der Waals surface area contributed by atoms with Crippen LogP contribution in [0.4, 0.5) is 0 Å². The van der Waals surface area contributed by atoms with Crippen LogP contribution in [0.2, 0.25) is 0 Å². The third-order valence-corrected chi connectivity index (χ3v) is 3.26. The maximum absolute atomic E-state index is 9.91. The summed E-state index contributed by atoms with van der Waals surface area (Å²) in [6, 6.07) is 9.76. The Morgan fingerprint density at radius 1 is 1.12 bits per heavy atom. The van der Waals surface area contributed by atoms with E-state index < -0.39 is 12.4 Å². The van der Waals surface area contributed by atoms with Gasteiger partial charge in [0.25, 0.3) is 0 Å². The van der Waals surface area contributed by atoms with Gasteiger partial charge in [-0.25, -0.2) is 0 Å². The largest absolute Gasteiger partial charge is 0.390 e. The molecule has 2 aliphatic rings. The fourth-order valence-corrected chi connectivity index (χ4v) is 2.32. The summed E-state index contributed by atoms with van der Waals surface area (Å²) in [5.74, 6) is 0. The van der Waals surface area contributed by atoms with E-state index in [2.05, 4.69) is 0 Å². The van der Waals surface area contributed by atoms with Gasteiger partial charge in [-0.15, -0.1) is 0 Å². The number of aliphatic hydroxyl groups excluding tert-OH is 1. The Bertz CT molecular complexity index is 367. The molecule has 0 aromatic heterocycles. The molecule has 0 bridgehead atoms. The monoisotopic (exact) mass is 236 g/mol. The average Bonchev–Trinajstić information content (AvgIpc) is 2.40. The second kappa shape index (κ2) is 4.74. The van der Waals surface area contributed by atoms with Crippen LogP contribution < -0.4 is 0 Å². The molecule has 4 nitrogen and oxygen atoms in total. The number of ether oxygens (including phenoxy) is 3. The molecule has 0 saturated carbocycles. The first-order valence-electron chi connectivity index (χ1n) is 5.96. The molecule has 17 heavy (non-hydrogen) atoms. The Kier molecular flexibility index (Phi) is 3.11. The van der Waals surface area contributed by atoms with Crippen molar-refractivity contribution >= 4 is 0 Å². The minimum Gasteiger partial charge on any atom is -0.390 e. The summed E-state index contributed by atoms with van der Waals surface area (Å²) in [7, 11) is 0. The molecule has 0 amide bonds. The molecule has 2 aliphatic heterocycles. The van der Waals surface area contributed by atoms with Crippen molar-refractivity contribution in [3.05, 3.63) is 35.9 Å². The first kappa shape index (κ1) is 11.2. The summed E-state index contributed by atoms with van der Waals surface area (Å²) in [5.41, 5.74) is 0.976. The zero-order chi connectivity index (χ0) is 11.7. The van der Waals surface area contributed by atoms with Gasteiger partial charge >= 0.3 is 0 Å². The van der Waals surface area contributed by atoms with Crippen molar-refractivity contribution in [1.29, 1.82) is 0 Å². The second-order valence-electron chi connectivity index (χ2n) is 4.44. The minimum absolute atomic E-state index is 0.140. The molecule has 2 fully saturated rings. The summed E-state index contributed by atoms with van der Waals surface area (Å²) < 4.78 is 16.9. The van der Waals surface area contributed by atoms with Crippen LogP contribution >= 0.6 is 0 Å². The van der Waals surface area contributed by atoms with Gasteiger partial charge in [-0.1, -0.05) is 30.3 Å². The number of fused-ring (bicyclic) bond motifs is 1. The normalized spacial score (nSPS) is 37.5. The van der Waals surface area contributed by atoms with Gasteiger partial charge in [-0.3, -0.25) is 0 Å². The predicted octanol–water partition coefficient (Wildman–Crippen LogP) is 1.25. The number of rotatable bonds is 1. The summed E-state index contributed by atoms with van der Waals surface area (Å²) in [4.78, 5) is 0. The van der Waals surface area contributed by atoms with Crippen molar-refractivity contribution in [2.24, 2.45) is 0 Å². The van der Waals surface area contributed by atoms with Crippen molar-refractivity contribution < 1.29 is 19.3 Å². The van der Waals surface area contributed by atoms with Gasteiger partial charge in [0.2, 0.25) is 0 Å². The van der Waals surface area contributed by atoms with Crippen LogP contribution in [0, 0.1) is 0 Å². The van der Waals surface area contributed by atoms with Gasteiger partial charge in [0, 0.05) is 12.2 Å². The smallest absolute Gasteiger partial charge is 0.184 e. The molecule has 1 aromatic carbocycles. The van der Waals surface area contributed by atoms with E-state index in [1.54, 1.807) is 0 Å². The molecule has 4 atom stereocenters. The standard InChI is InChI=1S/C13H16O4/c14-10-6-7-15-11-8-16-13(17-12(10)11)9-4-2-1-3-5-9/h1-5,10-14H,6-8H2/t10-,11-,12+,13-/m1/s1. The Labute approximate surface area is 100 Å². The summed E-state index contributed by atoms with van der Waals surface area (Å²) in [5, 5.41) is 9.91. The van der Waals surface area contributed by atoms with E-state index in [-0.39, 0.29) is 12.2 Å². The van der Waals surface area contributed by atoms with E-state index in [0.717, 1.165) is 5.56 Å². The Balaban J connectivity index is 1.74. The van der Waals surface area contributed by atoms with E-state index in [9.17, 15) is 5.11 Å². The highest BCUT2D eigenvalue weighted by Crippen LogP contribution is 2.31. The molecule has 2 saturated heterocycles. The van der Waals surface area contributed by atoms with E-state index in [1.165, 1.54) is 0 Å². The highest BCUT2D eigenvalue weighted by atomic mass is 16.7. The summed E-state index contributed by atoms with van der Waals surface area (Å²) in [6.07, 6.45) is -0.637. The zero-order valence-corrected chi connectivity index (χ0v) is 9.49. The third kappa shape index (κ3) is 2.21. The lowest BCUT2D eigenvalue weighted by atomic mass is 10.0. The molecule has 2 heterocycles. The lowest BCUT2D eigenvalue weighted by Crippen LogP contribution is -2.52. The van der Waals surface area contributed by atoms with Crippen LogP contribution in [0.1, 0.15) is 18.3 Å². The van der Waals surface area contributed by atoms with Gasteiger partial charge in [0.15, 0.2) is 6.29 Å². The first-order valence-corrected chi connectivity index (χ1v) is 5.96. The Morgan fingerprint density at radius 3 is 2.76 bits per heavy atom. The van der Waals surface area contributed by atoms with Crippen LogP contribution in [-0.4, -0.2) is 36.6 Å². The van der Waals surface area contributed by atoms with Crippen molar-refractivity contribution in [2.75, 3.05) is 13.2 Å². The van der Waals surface area contributed by atoms with Crippen LogP contribution in [0.5, 0.6) is 0 Å². The van der Waals surface area contributed by atoms with Gasteiger partial charge in [0.1, 0.15) is 12.2 Å². The fourth-order valence-electron chi connectivity index (χ4n) is 2.32. The molecular weight excluding hydrogens is 220 g/mol. The predicted molar refractivity (Wildman–Crippen MR) is 60.4 cm³/mol. The molecule has 0 unspecified atom stereocenters. The molecule has 3 rings (SSSR count). The van der Waals surface area contributed by atoms with E-state index in [4.69, 9.17) is 14.2 Å². The van der Waals surface area contributed by atoms with Crippen LogP contribution in [0.15, 0.2) is 30.3 Å². The highest BCUT2D eigenvalue weighted by Gasteiger charge is 2.40. The number of hydrogen-bond donors (Lipinski definition) is 1. The quantitative estimate of drug-likeness (QED) is 0.797. The van der Waals surface area contributed by atoms with Crippen LogP contribution in [0.3, 0.4) is 0 Å². The third-order valence-electron chi connectivity index (χ3n) is 3.26. The fraction of sp³-hybridized carbons (Fsp3) is 0.538. The second-order valence-corrected chi connectivity index (χ2v) is 4.44. The van der Waals surface area contributed by atoms with Crippen LogP contribution in [-0.2, 0) is 14.2 Å².